The van der Waals surface area contributed by atoms with Gasteiger partial charge < -0.3 is 20.3 Å². The second kappa shape index (κ2) is 8.99. The molecule has 1 fully saturated rings. The van der Waals surface area contributed by atoms with Crippen LogP contribution in [-0.2, 0) is 17.7 Å². The van der Waals surface area contributed by atoms with Gasteiger partial charge in [0.1, 0.15) is 5.82 Å². The van der Waals surface area contributed by atoms with Crippen LogP contribution in [0, 0.1) is 5.92 Å². The lowest BCUT2D eigenvalue weighted by Crippen LogP contribution is -2.27. The van der Waals surface area contributed by atoms with Crippen molar-refractivity contribution in [2.45, 2.75) is 25.8 Å². The van der Waals surface area contributed by atoms with E-state index in [1.54, 1.807) is 6.20 Å². The van der Waals surface area contributed by atoms with Crippen molar-refractivity contribution >= 4 is 5.82 Å². The maximum atomic E-state index is 5.91. The molecule has 0 bridgehead atoms. The summed E-state index contributed by atoms with van der Waals surface area (Å²) in [5.74, 6) is 1.83. The lowest BCUT2D eigenvalue weighted by Gasteiger charge is -2.22. The predicted octanol–water partition coefficient (Wildman–Crippen LogP) is 3.43. The number of ether oxygens (including phenoxy) is 1. The molecule has 3 N–H and O–H groups in total. The number of hydrogen-bond donors (Lipinski definition) is 2. The monoisotopic (exact) mass is 378 g/mol. The van der Waals surface area contributed by atoms with Gasteiger partial charge in [0.15, 0.2) is 5.76 Å². The summed E-state index contributed by atoms with van der Waals surface area (Å²) in [5, 5.41) is 7.74. The van der Waals surface area contributed by atoms with Crippen LogP contribution in [0.3, 0.4) is 0 Å². The Hall–Kier alpha value is -2.70. The van der Waals surface area contributed by atoms with Crippen molar-refractivity contribution in [2.24, 2.45) is 5.92 Å². The summed E-state index contributed by atoms with van der Waals surface area (Å²) < 4.78 is 10.9. The molecule has 1 aromatic carbocycles. The number of nitrogens with two attached hydrogens (primary N) is 1. The molecule has 0 unspecified atom stereocenters. The SMILES string of the molecule is Nc1ncccc1-c1cc(Cc2ccc(CNCC3CCOCC3)cc2)no1. The summed E-state index contributed by atoms with van der Waals surface area (Å²) in [6, 6.07) is 14.3. The number of nitrogens with zero attached hydrogens (tertiary/aromatic N) is 2. The molecule has 0 radical (unpaired) electrons. The summed E-state index contributed by atoms with van der Waals surface area (Å²) in [6.45, 7) is 3.76. The first kappa shape index (κ1) is 18.7. The van der Waals surface area contributed by atoms with E-state index in [1.807, 2.05) is 18.2 Å². The van der Waals surface area contributed by atoms with Gasteiger partial charge >= 0.3 is 0 Å². The molecule has 28 heavy (non-hydrogen) atoms. The first-order chi connectivity index (χ1) is 13.8. The van der Waals surface area contributed by atoms with Crippen LogP contribution >= 0.6 is 0 Å². The smallest absolute Gasteiger partial charge is 0.170 e. The van der Waals surface area contributed by atoms with E-state index in [2.05, 4.69) is 39.7 Å². The van der Waals surface area contributed by atoms with Crippen LogP contribution in [-0.4, -0.2) is 29.9 Å². The summed E-state index contributed by atoms with van der Waals surface area (Å²) in [5.41, 5.74) is 10.0. The van der Waals surface area contributed by atoms with Crippen molar-refractivity contribution in [3.8, 4) is 11.3 Å². The van der Waals surface area contributed by atoms with E-state index in [0.29, 0.717) is 11.6 Å². The van der Waals surface area contributed by atoms with Crippen LogP contribution in [0.25, 0.3) is 11.3 Å². The van der Waals surface area contributed by atoms with Crippen LogP contribution in [0.5, 0.6) is 0 Å². The van der Waals surface area contributed by atoms with Crippen molar-refractivity contribution in [1.82, 2.24) is 15.5 Å². The first-order valence-corrected chi connectivity index (χ1v) is 9.80. The van der Waals surface area contributed by atoms with Gasteiger partial charge in [-0.2, -0.15) is 0 Å². The minimum Gasteiger partial charge on any atom is -0.383 e. The number of rotatable bonds is 7. The maximum absolute atomic E-state index is 5.91. The molecular weight excluding hydrogens is 352 g/mol. The van der Waals surface area contributed by atoms with Crippen LogP contribution < -0.4 is 11.1 Å². The van der Waals surface area contributed by atoms with Crippen molar-refractivity contribution in [2.75, 3.05) is 25.5 Å². The van der Waals surface area contributed by atoms with E-state index in [1.165, 1.54) is 11.1 Å². The zero-order chi connectivity index (χ0) is 19.2. The molecule has 0 amide bonds. The third kappa shape index (κ3) is 4.77. The number of pyridine rings is 1. The highest BCUT2D eigenvalue weighted by Gasteiger charge is 2.13. The molecule has 0 atom stereocenters. The van der Waals surface area contributed by atoms with E-state index in [9.17, 15) is 0 Å². The topological polar surface area (TPSA) is 86.2 Å². The molecule has 146 valence electrons. The maximum Gasteiger partial charge on any atom is 0.170 e. The molecule has 6 nitrogen and oxygen atoms in total. The van der Waals surface area contributed by atoms with Crippen molar-refractivity contribution in [3.05, 3.63) is 65.5 Å². The number of anilines is 1. The molecule has 1 saturated heterocycles. The van der Waals surface area contributed by atoms with E-state index in [0.717, 1.165) is 62.7 Å². The highest BCUT2D eigenvalue weighted by atomic mass is 16.5. The van der Waals surface area contributed by atoms with Gasteiger partial charge in [0, 0.05) is 38.4 Å². The molecule has 0 aliphatic carbocycles. The zero-order valence-corrected chi connectivity index (χ0v) is 15.9. The minimum absolute atomic E-state index is 0.447. The van der Waals surface area contributed by atoms with Crippen LogP contribution in [0.15, 0.2) is 53.2 Å². The lowest BCUT2D eigenvalue weighted by atomic mass is 10.0. The molecule has 2 aromatic heterocycles. The molecule has 1 aliphatic heterocycles. The zero-order valence-electron chi connectivity index (χ0n) is 15.9. The van der Waals surface area contributed by atoms with E-state index in [-0.39, 0.29) is 0 Å². The summed E-state index contributed by atoms with van der Waals surface area (Å²) in [7, 11) is 0. The van der Waals surface area contributed by atoms with Crippen molar-refractivity contribution in [1.29, 1.82) is 0 Å². The average molecular weight is 378 g/mol. The van der Waals surface area contributed by atoms with Crippen LogP contribution in [0.2, 0.25) is 0 Å². The molecule has 0 spiro atoms. The number of nitrogens with one attached hydrogen (secondary N) is 1. The average Bonchev–Trinajstić information content (AvgIpc) is 3.19. The molecule has 3 aromatic rings. The Labute approximate surface area is 165 Å². The van der Waals surface area contributed by atoms with Crippen LogP contribution in [0.4, 0.5) is 5.82 Å². The van der Waals surface area contributed by atoms with Gasteiger partial charge in [0.2, 0.25) is 0 Å². The third-order valence-electron chi connectivity index (χ3n) is 5.17. The van der Waals surface area contributed by atoms with Gasteiger partial charge in [-0.05, 0) is 48.6 Å². The Morgan fingerprint density at radius 2 is 1.86 bits per heavy atom. The van der Waals surface area contributed by atoms with E-state index < -0.39 is 0 Å². The standard InChI is InChI=1S/C22H26N4O2/c23-22-20(2-1-9-25-22)21-13-19(26-28-21)12-16-3-5-17(6-4-16)14-24-15-18-7-10-27-11-8-18/h1-6,9,13,18,24H,7-8,10-12,14-15H2,(H2,23,25). The second-order valence-electron chi connectivity index (χ2n) is 7.30. The van der Waals surface area contributed by atoms with Gasteiger partial charge in [-0.3, -0.25) is 0 Å². The second-order valence-corrected chi connectivity index (χ2v) is 7.30. The van der Waals surface area contributed by atoms with Crippen molar-refractivity contribution < 1.29 is 9.26 Å². The predicted molar refractivity (Wildman–Crippen MR) is 109 cm³/mol. The fourth-order valence-corrected chi connectivity index (χ4v) is 3.50. The van der Waals surface area contributed by atoms with E-state index in [4.69, 9.17) is 15.0 Å². The molecule has 6 heteroatoms. The van der Waals surface area contributed by atoms with E-state index >= 15 is 0 Å². The third-order valence-corrected chi connectivity index (χ3v) is 5.17. The van der Waals surface area contributed by atoms with Crippen LogP contribution in [0.1, 0.15) is 29.7 Å². The highest BCUT2D eigenvalue weighted by molar-refractivity contribution is 5.69. The number of hydrogen-bond acceptors (Lipinski definition) is 6. The molecule has 0 saturated carbocycles. The van der Waals surface area contributed by atoms with Gasteiger partial charge in [-0.25, -0.2) is 4.98 Å². The Morgan fingerprint density at radius 3 is 2.64 bits per heavy atom. The van der Waals surface area contributed by atoms with Gasteiger partial charge in [0.25, 0.3) is 0 Å². The summed E-state index contributed by atoms with van der Waals surface area (Å²) in [6.07, 6.45) is 4.71. The van der Waals surface area contributed by atoms with Gasteiger partial charge in [0.05, 0.1) is 11.3 Å². The molecular formula is C22H26N4O2. The highest BCUT2D eigenvalue weighted by Crippen LogP contribution is 2.25. The normalized spacial score (nSPS) is 15.0. The number of nitrogen functional groups attached to an aromatic ring is 1. The summed E-state index contributed by atoms with van der Waals surface area (Å²) in [4.78, 5) is 4.09. The molecule has 1 aliphatic rings. The fourth-order valence-electron chi connectivity index (χ4n) is 3.50. The Morgan fingerprint density at radius 1 is 1.07 bits per heavy atom. The largest absolute Gasteiger partial charge is 0.383 e. The molecule has 3 heterocycles. The first-order valence-electron chi connectivity index (χ1n) is 9.80. The Balaban J connectivity index is 1.30. The Bertz CT molecular complexity index is 886. The van der Waals surface area contributed by atoms with Gasteiger partial charge in [-0.15, -0.1) is 0 Å². The quantitative estimate of drug-likeness (QED) is 0.655. The minimum atomic E-state index is 0.447. The number of benzene rings is 1. The lowest BCUT2D eigenvalue weighted by molar-refractivity contribution is 0.0662. The fraction of sp³-hybridized carbons (Fsp3) is 0.364. The molecule has 4 rings (SSSR count). The van der Waals surface area contributed by atoms with Crippen molar-refractivity contribution in [3.63, 3.8) is 0 Å². The number of aromatic nitrogens is 2. The van der Waals surface area contributed by atoms with Gasteiger partial charge in [-0.1, -0.05) is 29.4 Å². The summed E-state index contributed by atoms with van der Waals surface area (Å²) >= 11 is 0. The Kier molecular flexibility index (Phi) is 5.99.